The van der Waals surface area contributed by atoms with Gasteiger partial charge in [0.25, 0.3) is 5.91 Å². The standard InChI is InChI=1S/C18H26N2O6S/c1-5-19-27(23,24)16-8-6-7-15(9-16)18(22)26-14(4)17(21)20-10-12(2)25-13(3)11-20/h6-9,12-14,19H,5,10-11H2,1-4H3. The first-order valence-corrected chi connectivity index (χ1v) is 10.4. The molecule has 150 valence electrons. The van der Waals surface area contributed by atoms with Gasteiger partial charge in [0.2, 0.25) is 10.0 Å². The maximum absolute atomic E-state index is 12.6. The van der Waals surface area contributed by atoms with Crippen LogP contribution in [-0.4, -0.2) is 63.1 Å². The normalized spacial score (nSPS) is 21.6. The molecule has 9 heteroatoms. The number of carbonyl (C=O) groups is 2. The van der Waals surface area contributed by atoms with Gasteiger partial charge in [-0.15, -0.1) is 0 Å². The summed E-state index contributed by atoms with van der Waals surface area (Å²) in [6.07, 6.45) is -1.16. The fourth-order valence-electron chi connectivity index (χ4n) is 2.96. The van der Waals surface area contributed by atoms with Gasteiger partial charge in [0.05, 0.1) is 22.7 Å². The highest BCUT2D eigenvalue weighted by atomic mass is 32.2. The Hall–Kier alpha value is -1.97. The summed E-state index contributed by atoms with van der Waals surface area (Å²) in [6.45, 7) is 8.02. The van der Waals surface area contributed by atoms with Gasteiger partial charge in [-0.3, -0.25) is 4.79 Å². The van der Waals surface area contributed by atoms with Gasteiger partial charge < -0.3 is 14.4 Å². The van der Waals surface area contributed by atoms with E-state index < -0.39 is 22.1 Å². The van der Waals surface area contributed by atoms with Crippen LogP contribution in [0.15, 0.2) is 29.2 Å². The lowest BCUT2D eigenvalue weighted by atomic mass is 10.2. The molecule has 1 fully saturated rings. The molecule has 1 aliphatic rings. The molecule has 0 spiro atoms. The van der Waals surface area contributed by atoms with Crippen molar-refractivity contribution >= 4 is 21.9 Å². The molecule has 1 heterocycles. The number of hydrogen-bond donors (Lipinski definition) is 1. The molecule has 1 amide bonds. The van der Waals surface area contributed by atoms with Crippen molar-refractivity contribution in [1.82, 2.24) is 9.62 Å². The van der Waals surface area contributed by atoms with E-state index in [-0.39, 0.29) is 35.1 Å². The molecular weight excluding hydrogens is 372 g/mol. The number of carbonyl (C=O) groups excluding carboxylic acids is 2. The van der Waals surface area contributed by atoms with Gasteiger partial charge in [-0.05, 0) is 39.0 Å². The number of nitrogens with one attached hydrogen (secondary N) is 1. The zero-order chi connectivity index (χ0) is 20.2. The summed E-state index contributed by atoms with van der Waals surface area (Å²) in [5.41, 5.74) is 0.0670. The molecule has 27 heavy (non-hydrogen) atoms. The highest BCUT2D eigenvalue weighted by Gasteiger charge is 2.30. The maximum Gasteiger partial charge on any atom is 0.338 e. The molecule has 1 aromatic carbocycles. The van der Waals surface area contributed by atoms with Gasteiger partial charge in [-0.1, -0.05) is 13.0 Å². The first kappa shape index (κ1) is 21.3. The first-order chi connectivity index (χ1) is 12.6. The van der Waals surface area contributed by atoms with E-state index in [1.54, 1.807) is 11.8 Å². The van der Waals surface area contributed by atoms with Crippen molar-refractivity contribution in [3.63, 3.8) is 0 Å². The minimum absolute atomic E-state index is 0.0337. The number of nitrogens with zero attached hydrogens (tertiary/aromatic N) is 1. The van der Waals surface area contributed by atoms with E-state index in [9.17, 15) is 18.0 Å². The lowest BCUT2D eigenvalue weighted by Crippen LogP contribution is -2.51. The minimum Gasteiger partial charge on any atom is -0.449 e. The van der Waals surface area contributed by atoms with Crippen LogP contribution in [0.2, 0.25) is 0 Å². The molecule has 0 radical (unpaired) electrons. The molecule has 0 bridgehead atoms. The zero-order valence-electron chi connectivity index (χ0n) is 16.0. The summed E-state index contributed by atoms with van der Waals surface area (Å²) in [5, 5.41) is 0. The summed E-state index contributed by atoms with van der Waals surface area (Å²) in [7, 11) is -3.69. The molecule has 1 aromatic rings. The van der Waals surface area contributed by atoms with Crippen LogP contribution < -0.4 is 4.72 Å². The zero-order valence-corrected chi connectivity index (χ0v) is 16.8. The molecule has 0 aromatic heterocycles. The average Bonchev–Trinajstić information content (AvgIpc) is 2.60. The number of rotatable bonds is 6. The second-order valence-corrected chi connectivity index (χ2v) is 8.34. The number of hydrogen-bond acceptors (Lipinski definition) is 6. The second kappa shape index (κ2) is 8.81. The first-order valence-electron chi connectivity index (χ1n) is 8.89. The molecule has 0 saturated carbocycles. The summed E-state index contributed by atoms with van der Waals surface area (Å²) < 4.78 is 37.4. The third-order valence-electron chi connectivity index (χ3n) is 4.08. The van der Waals surface area contributed by atoms with Crippen molar-refractivity contribution in [2.75, 3.05) is 19.6 Å². The quantitative estimate of drug-likeness (QED) is 0.722. The van der Waals surface area contributed by atoms with Crippen LogP contribution in [-0.2, 0) is 24.3 Å². The van der Waals surface area contributed by atoms with Crippen LogP contribution in [0.3, 0.4) is 0 Å². The predicted octanol–water partition coefficient (Wildman–Crippen LogP) is 1.17. The van der Waals surface area contributed by atoms with E-state index in [0.717, 1.165) is 0 Å². The number of ether oxygens (including phenoxy) is 2. The average molecular weight is 398 g/mol. The van der Waals surface area contributed by atoms with Crippen LogP contribution >= 0.6 is 0 Å². The number of morpholine rings is 1. The van der Waals surface area contributed by atoms with Gasteiger partial charge in [-0.2, -0.15) is 0 Å². The highest BCUT2D eigenvalue weighted by Crippen LogP contribution is 2.16. The Balaban J connectivity index is 2.07. The lowest BCUT2D eigenvalue weighted by molar-refractivity contribution is -0.151. The van der Waals surface area contributed by atoms with Crippen LogP contribution in [0.4, 0.5) is 0 Å². The fourth-order valence-corrected chi connectivity index (χ4v) is 4.04. The van der Waals surface area contributed by atoms with Gasteiger partial charge >= 0.3 is 5.97 Å². The molecule has 1 aliphatic heterocycles. The molecule has 0 aliphatic carbocycles. The number of benzene rings is 1. The predicted molar refractivity (Wildman–Crippen MR) is 98.8 cm³/mol. The van der Waals surface area contributed by atoms with E-state index in [1.807, 2.05) is 13.8 Å². The number of sulfonamides is 1. The Labute approximate surface area is 159 Å². The lowest BCUT2D eigenvalue weighted by Gasteiger charge is -2.36. The summed E-state index contributed by atoms with van der Waals surface area (Å²) in [5.74, 6) is -1.06. The minimum atomic E-state index is -3.69. The van der Waals surface area contributed by atoms with Crippen LogP contribution in [0.1, 0.15) is 38.1 Å². The van der Waals surface area contributed by atoms with E-state index in [2.05, 4.69) is 4.72 Å². The molecule has 1 N–H and O–H groups in total. The Morgan fingerprint density at radius 1 is 1.30 bits per heavy atom. The van der Waals surface area contributed by atoms with Crippen molar-refractivity contribution in [2.24, 2.45) is 0 Å². The Morgan fingerprint density at radius 2 is 1.93 bits per heavy atom. The molecule has 1 saturated heterocycles. The third kappa shape index (κ3) is 5.50. The van der Waals surface area contributed by atoms with Gasteiger partial charge in [-0.25, -0.2) is 17.9 Å². The Bertz CT molecular complexity index is 785. The van der Waals surface area contributed by atoms with Gasteiger partial charge in [0.1, 0.15) is 0 Å². The van der Waals surface area contributed by atoms with Crippen LogP contribution in [0.25, 0.3) is 0 Å². The summed E-state index contributed by atoms with van der Waals surface area (Å²) in [4.78, 5) is 26.5. The van der Waals surface area contributed by atoms with Gasteiger partial charge in [0.15, 0.2) is 6.10 Å². The second-order valence-electron chi connectivity index (χ2n) is 6.58. The SMILES string of the molecule is CCNS(=O)(=O)c1cccc(C(=O)OC(C)C(=O)N2CC(C)OC(C)C2)c1. The number of amides is 1. The smallest absolute Gasteiger partial charge is 0.338 e. The number of esters is 1. The third-order valence-corrected chi connectivity index (χ3v) is 5.62. The fraction of sp³-hybridized carbons (Fsp3) is 0.556. The molecule has 2 rings (SSSR count). The van der Waals surface area contributed by atoms with Gasteiger partial charge in [0, 0.05) is 19.6 Å². The van der Waals surface area contributed by atoms with E-state index in [0.29, 0.717) is 13.1 Å². The van der Waals surface area contributed by atoms with E-state index in [1.165, 1.54) is 31.2 Å². The van der Waals surface area contributed by atoms with E-state index >= 15 is 0 Å². The molecule has 3 unspecified atom stereocenters. The largest absolute Gasteiger partial charge is 0.449 e. The summed E-state index contributed by atoms with van der Waals surface area (Å²) in [6, 6.07) is 5.53. The topological polar surface area (TPSA) is 102 Å². The monoisotopic (exact) mass is 398 g/mol. The van der Waals surface area contributed by atoms with Crippen LogP contribution in [0.5, 0.6) is 0 Å². The van der Waals surface area contributed by atoms with Crippen molar-refractivity contribution < 1.29 is 27.5 Å². The molecule has 8 nitrogen and oxygen atoms in total. The van der Waals surface area contributed by atoms with Crippen LogP contribution in [0, 0.1) is 0 Å². The van der Waals surface area contributed by atoms with Crippen molar-refractivity contribution in [3.05, 3.63) is 29.8 Å². The van der Waals surface area contributed by atoms with Crippen molar-refractivity contribution in [1.29, 1.82) is 0 Å². The maximum atomic E-state index is 12.6. The Morgan fingerprint density at radius 3 is 2.52 bits per heavy atom. The van der Waals surface area contributed by atoms with E-state index in [4.69, 9.17) is 9.47 Å². The van der Waals surface area contributed by atoms with Crippen molar-refractivity contribution in [2.45, 2.75) is 50.9 Å². The van der Waals surface area contributed by atoms with Crippen molar-refractivity contribution in [3.8, 4) is 0 Å². The highest BCUT2D eigenvalue weighted by molar-refractivity contribution is 7.89. The summed E-state index contributed by atoms with van der Waals surface area (Å²) >= 11 is 0. The molecule has 3 atom stereocenters. The molecular formula is C18H26N2O6S. The Kier molecular flexibility index (Phi) is 6.96.